The minimum atomic E-state index is 0.147. The molecule has 0 spiro atoms. The van der Waals surface area contributed by atoms with Gasteiger partial charge in [0.05, 0.1) is 6.54 Å². The van der Waals surface area contributed by atoms with Crippen molar-refractivity contribution < 1.29 is 0 Å². The van der Waals surface area contributed by atoms with Crippen LogP contribution in [0.4, 0.5) is 0 Å². The maximum Gasteiger partial charge on any atom is 0.220 e. The third-order valence-electron chi connectivity index (χ3n) is 3.74. The molecule has 0 aliphatic rings. The summed E-state index contributed by atoms with van der Waals surface area (Å²) in [6.07, 6.45) is 0. The van der Waals surface area contributed by atoms with E-state index in [1.165, 1.54) is 11.1 Å². The van der Waals surface area contributed by atoms with E-state index >= 15 is 0 Å². The summed E-state index contributed by atoms with van der Waals surface area (Å²) in [7, 11) is 0. The first kappa shape index (κ1) is 16.9. The number of nitrogens with two attached hydrogens (primary N) is 1. The normalized spacial score (nSPS) is 12.2. The van der Waals surface area contributed by atoms with Crippen molar-refractivity contribution in [1.29, 1.82) is 0 Å². The van der Waals surface area contributed by atoms with Crippen molar-refractivity contribution in [2.24, 2.45) is 15.7 Å². The minimum absolute atomic E-state index is 0.147. The second-order valence-electron chi connectivity index (χ2n) is 5.51. The molecule has 25 heavy (non-hydrogen) atoms. The van der Waals surface area contributed by atoms with E-state index in [1.54, 1.807) is 0 Å². The molecule has 124 valence electrons. The summed E-state index contributed by atoms with van der Waals surface area (Å²) in [5.74, 6) is 0.355. The Morgan fingerprint density at radius 2 is 1.32 bits per heavy atom. The van der Waals surface area contributed by atoms with Crippen LogP contribution in [0.15, 0.2) is 94.9 Å². The zero-order chi connectivity index (χ0) is 17.5. The molecule has 0 saturated heterocycles. The van der Waals surface area contributed by atoms with E-state index in [-0.39, 0.29) is 5.29 Å². The van der Waals surface area contributed by atoms with Crippen LogP contribution in [-0.2, 0) is 6.54 Å². The fourth-order valence-corrected chi connectivity index (χ4v) is 2.55. The van der Waals surface area contributed by atoms with E-state index in [2.05, 4.69) is 34.3 Å². The molecule has 0 saturated carbocycles. The summed E-state index contributed by atoms with van der Waals surface area (Å²) in [4.78, 5) is 8.41. The highest BCUT2D eigenvalue weighted by molar-refractivity contribution is 6.65. The zero-order valence-corrected chi connectivity index (χ0v) is 14.4. The molecule has 0 heterocycles. The SMILES string of the molecule is NC(=NC(Cl)=NCc1ccc(-c2ccccc2)cc1)c1ccccc1. The Morgan fingerprint density at radius 3 is 1.96 bits per heavy atom. The van der Waals surface area contributed by atoms with Gasteiger partial charge in [0.25, 0.3) is 0 Å². The molecular formula is C21H18ClN3. The molecule has 0 bridgehead atoms. The van der Waals surface area contributed by atoms with Crippen molar-refractivity contribution >= 4 is 22.7 Å². The highest BCUT2D eigenvalue weighted by Gasteiger charge is 2.00. The fraction of sp³-hybridized carbons (Fsp3) is 0.0476. The smallest absolute Gasteiger partial charge is 0.220 e. The molecule has 0 unspecified atom stereocenters. The van der Waals surface area contributed by atoms with Crippen LogP contribution >= 0.6 is 11.6 Å². The van der Waals surface area contributed by atoms with Crippen molar-refractivity contribution in [2.75, 3.05) is 0 Å². The maximum absolute atomic E-state index is 6.09. The summed E-state index contributed by atoms with van der Waals surface area (Å²) in [5, 5.41) is 0.147. The highest BCUT2D eigenvalue weighted by Crippen LogP contribution is 2.19. The molecule has 0 aromatic heterocycles. The topological polar surface area (TPSA) is 50.7 Å². The molecule has 0 fully saturated rings. The highest BCUT2D eigenvalue weighted by atomic mass is 35.5. The van der Waals surface area contributed by atoms with Crippen LogP contribution in [0.3, 0.4) is 0 Å². The van der Waals surface area contributed by atoms with Gasteiger partial charge in [0.1, 0.15) is 5.84 Å². The number of hydrogen-bond acceptors (Lipinski definition) is 1. The Labute approximate surface area is 152 Å². The van der Waals surface area contributed by atoms with Gasteiger partial charge in [0, 0.05) is 5.56 Å². The van der Waals surface area contributed by atoms with Gasteiger partial charge in [-0.15, -0.1) is 0 Å². The third kappa shape index (κ3) is 4.78. The summed E-state index contributed by atoms with van der Waals surface area (Å²) in [6.45, 7) is 0.458. The fourth-order valence-electron chi connectivity index (χ4n) is 2.40. The van der Waals surface area contributed by atoms with Crippen molar-refractivity contribution in [3.63, 3.8) is 0 Å². The van der Waals surface area contributed by atoms with Gasteiger partial charge in [-0.05, 0) is 28.3 Å². The average Bonchev–Trinajstić information content (AvgIpc) is 2.68. The predicted octanol–water partition coefficient (Wildman–Crippen LogP) is 4.85. The van der Waals surface area contributed by atoms with E-state index in [4.69, 9.17) is 17.3 Å². The first-order valence-electron chi connectivity index (χ1n) is 7.96. The first-order valence-corrected chi connectivity index (χ1v) is 8.34. The van der Waals surface area contributed by atoms with Gasteiger partial charge in [0.2, 0.25) is 5.29 Å². The van der Waals surface area contributed by atoms with Gasteiger partial charge in [-0.25, -0.2) is 4.99 Å². The number of amidine groups is 2. The average molecular weight is 348 g/mol. The van der Waals surface area contributed by atoms with Crippen LogP contribution in [0.1, 0.15) is 11.1 Å². The maximum atomic E-state index is 6.09. The standard InChI is InChI=1S/C21H18ClN3/c22-21(25-20(23)19-9-5-2-6-10-19)24-15-16-11-13-18(14-12-16)17-7-3-1-4-8-17/h1-14H,15H2,(H2,23,24,25). The lowest BCUT2D eigenvalue weighted by Crippen LogP contribution is -2.14. The molecule has 3 nitrogen and oxygen atoms in total. The van der Waals surface area contributed by atoms with Gasteiger partial charge < -0.3 is 5.73 Å². The molecule has 0 amide bonds. The van der Waals surface area contributed by atoms with Crippen molar-refractivity contribution in [3.05, 3.63) is 96.1 Å². The quantitative estimate of drug-likeness (QED) is 0.409. The molecule has 3 rings (SSSR count). The van der Waals surface area contributed by atoms with Gasteiger partial charge in [-0.1, -0.05) is 84.9 Å². The molecule has 0 radical (unpaired) electrons. The number of halogens is 1. The van der Waals surface area contributed by atoms with Gasteiger partial charge in [-0.2, -0.15) is 0 Å². The second-order valence-corrected chi connectivity index (χ2v) is 5.85. The summed E-state index contributed by atoms with van der Waals surface area (Å²) >= 11 is 6.09. The van der Waals surface area contributed by atoms with Gasteiger partial charge in [-0.3, -0.25) is 4.99 Å². The second kappa shape index (κ2) is 8.27. The van der Waals surface area contributed by atoms with Crippen LogP contribution in [0.2, 0.25) is 0 Å². The Morgan fingerprint density at radius 1 is 0.760 bits per heavy atom. The Bertz CT molecular complexity index is 870. The van der Waals surface area contributed by atoms with E-state index in [0.717, 1.165) is 11.1 Å². The van der Waals surface area contributed by atoms with Crippen molar-refractivity contribution in [2.45, 2.75) is 6.54 Å². The van der Waals surface area contributed by atoms with Crippen molar-refractivity contribution in [1.82, 2.24) is 0 Å². The van der Waals surface area contributed by atoms with E-state index in [1.807, 2.05) is 60.7 Å². The van der Waals surface area contributed by atoms with Crippen LogP contribution in [0.25, 0.3) is 11.1 Å². The molecule has 0 atom stereocenters. The first-order chi connectivity index (χ1) is 12.2. The molecule has 0 aliphatic carbocycles. The molecule has 2 N–H and O–H groups in total. The van der Waals surface area contributed by atoms with Crippen LogP contribution in [0.5, 0.6) is 0 Å². The van der Waals surface area contributed by atoms with E-state index in [0.29, 0.717) is 12.4 Å². The number of benzene rings is 3. The largest absolute Gasteiger partial charge is 0.383 e. The van der Waals surface area contributed by atoms with Gasteiger partial charge >= 0.3 is 0 Å². The molecule has 3 aromatic rings. The lowest BCUT2D eigenvalue weighted by molar-refractivity contribution is 1.07. The Kier molecular flexibility index (Phi) is 5.60. The lowest BCUT2D eigenvalue weighted by Gasteiger charge is -2.03. The van der Waals surface area contributed by atoms with Crippen LogP contribution in [-0.4, -0.2) is 11.1 Å². The molecule has 4 heteroatoms. The van der Waals surface area contributed by atoms with Gasteiger partial charge in [0.15, 0.2) is 0 Å². The molecule has 3 aromatic carbocycles. The van der Waals surface area contributed by atoms with E-state index < -0.39 is 0 Å². The summed E-state index contributed by atoms with van der Waals surface area (Å²) in [5.41, 5.74) is 10.2. The number of rotatable bonds is 4. The van der Waals surface area contributed by atoms with Crippen molar-refractivity contribution in [3.8, 4) is 11.1 Å². The molecular weight excluding hydrogens is 330 g/mol. The predicted molar refractivity (Wildman–Crippen MR) is 106 cm³/mol. The van der Waals surface area contributed by atoms with Crippen LogP contribution < -0.4 is 5.73 Å². The number of nitrogens with zero attached hydrogens (tertiary/aromatic N) is 2. The monoisotopic (exact) mass is 347 g/mol. The molecule has 0 aliphatic heterocycles. The Hall–Kier alpha value is -2.91. The summed E-state index contributed by atoms with van der Waals surface area (Å²) < 4.78 is 0. The van der Waals surface area contributed by atoms with Crippen LogP contribution in [0, 0.1) is 0 Å². The third-order valence-corrected chi connectivity index (χ3v) is 3.94. The number of aliphatic imine (C=N–C) groups is 2. The summed E-state index contributed by atoms with van der Waals surface area (Å²) in [6, 6.07) is 28.0. The van der Waals surface area contributed by atoms with E-state index in [9.17, 15) is 0 Å². The lowest BCUT2D eigenvalue weighted by atomic mass is 10.0. The minimum Gasteiger partial charge on any atom is -0.383 e. The Balaban J connectivity index is 1.67. The zero-order valence-electron chi connectivity index (χ0n) is 13.6. The number of hydrogen-bond donors (Lipinski definition) is 1.